The summed E-state index contributed by atoms with van der Waals surface area (Å²) in [5.74, 6) is -0.921. The second-order valence-corrected chi connectivity index (χ2v) is 5.35. The molecule has 0 fully saturated rings. The van der Waals surface area contributed by atoms with E-state index in [2.05, 4.69) is 6.58 Å². The fourth-order valence-electron chi connectivity index (χ4n) is 2.16. The number of aliphatic carboxylic acids is 1. The fourth-order valence-corrected chi connectivity index (χ4v) is 2.16. The highest BCUT2D eigenvalue weighted by molar-refractivity contribution is 5.87. The van der Waals surface area contributed by atoms with Crippen LogP contribution in [0.5, 0.6) is 0 Å². The third-order valence-corrected chi connectivity index (χ3v) is 4.19. The van der Waals surface area contributed by atoms with Crippen LogP contribution < -0.4 is 0 Å². The molecule has 2 atom stereocenters. The van der Waals surface area contributed by atoms with Crippen LogP contribution in [-0.2, 0) is 4.79 Å². The predicted molar refractivity (Wildman–Crippen MR) is 71.2 cm³/mol. The van der Waals surface area contributed by atoms with Crippen LogP contribution in [0.4, 0.5) is 0 Å². The summed E-state index contributed by atoms with van der Waals surface area (Å²) in [7, 11) is 7.84. The number of carboxylic acids is 1. The van der Waals surface area contributed by atoms with Gasteiger partial charge in [-0.2, -0.15) is 0 Å². The third-order valence-electron chi connectivity index (χ3n) is 4.19. The molecule has 0 amide bonds. The molecule has 0 aromatic heterocycles. The minimum absolute atomic E-state index is 0.0866. The minimum Gasteiger partial charge on any atom is -0.478 e. The van der Waals surface area contributed by atoms with Crippen LogP contribution in [0, 0.1) is 5.41 Å². The van der Waals surface area contributed by atoms with Crippen molar-refractivity contribution < 1.29 is 9.90 Å². The van der Waals surface area contributed by atoms with E-state index in [1.807, 2.05) is 58.8 Å². The van der Waals surface area contributed by atoms with Gasteiger partial charge in [0.05, 0.1) is 0 Å². The van der Waals surface area contributed by atoms with Gasteiger partial charge < -0.3 is 14.9 Å². The Balaban J connectivity index is 5.51. The predicted octanol–water partition coefficient (Wildman–Crippen LogP) is 1.53. The smallest absolute Gasteiger partial charge is 0.331 e. The first-order valence-electron chi connectivity index (χ1n) is 5.82. The molecule has 4 nitrogen and oxygen atoms in total. The van der Waals surface area contributed by atoms with Crippen molar-refractivity contribution in [1.82, 2.24) is 9.80 Å². The van der Waals surface area contributed by atoms with Gasteiger partial charge >= 0.3 is 5.97 Å². The highest BCUT2D eigenvalue weighted by Gasteiger charge is 2.43. The zero-order valence-corrected chi connectivity index (χ0v) is 12.1. The van der Waals surface area contributed by atoms with Gasteiger partial charge in [0.1, 0.15) is 0 Å². The highest BCUT2D eigenvalue weighted by Crippen LogP contribution is 2.37. The maximum Gasteiger partial charge on any atom is 0.331 e. The molecule has 0 spiro atoms. The lowest BCUT2D eigenvalue weighted by Gasteiger charge is -2.46. The summed E-state index contributed by atoms with van der Waals surface area (Å²) in [6.45, 7) is 9.82. The topological polar surface area (TPSA) is 43.8 Å². The van der Waals surface area contributed by atoms with E-state index < -0.39 is 11.4 Å². The van der Waals surface area contributed by atoms with Gasteiger partial charge in [-0.1, -0.05) is 13.5 Å². The fraction of sp³-hybridized carbons (Fsp3) is 0.769. The standard InChI is InChI=1S/C13H26N2O2/c1-9(12(16)17)13(4,10(2)14(5)6)11(3)15(7)8/h10-11H,1H2,2-8H3,(H,16,17). The monoisotopic (exact) mass is 242 g/mol. The largest absolute Gasteiger partial charge is 0.478 e. The van der Waals surface area contributed by atoms with Crippen LogP contribution in [0.15, 0.2) is 12.2 Å². The summed E-state index contributed by atoms with van der Waals surface area (Å²) >= 11 is 0. The van der Waals surface area contributed by atoms with E-state index in [1.54, 1.807) is 0 Å². The maximum atomic E-state index is 11.3. The van der Waals surface area contributed by atoms with Gasteiger partial charge in [-0.25, -0.2) is 4.79 Å². The number of hydrogen-bond donors (Lipinski definition) is 1. The van der Waals surface area contributed by atoms with E-state index in [0.717, 1.165) is 0 Å². The van der Waals surface area contributed by atoms with Gasteiger partial charge in [0.2, 0.25) is 0 Å². The zero-order valence-electron chi connectivity index (χ0n) is 12.1. The van der Waals surface area contributed by atoms with Crippen molar-refractivity contribution in [2.45, 2.75) is 32.9 Å². The van der Waals surface area contributed by atoms with Crippen molar-refractivity contribution in [2.24, 2.45) is 5.41 Å². The van der Waals surface area contributed by atoms with Crippen LogP contribution in [-0.4, -0.2) is 61.2 Å². The molecule has 0 heterocycles. The summed E-state index contributed by atoms with van der Waals surface area (Å²) in [6.07, 6.45) is 0. The van der Waals surface area contributed by atoms with Crippen molar-refractivity contribution in [1.29, 1.82) is 0 Å². The molecule has 17 heavy (non-hydrogen) atoms. The number of carboxylic acid groups (broad SMARTS) is 1. The summed E-state index contributed by atoms with van der Waals surface area (Å²) < 4.78 is 0. The zero-order chi connectivity index (χ0) is 14.0. The van der Waals surface area contributed by atoms with Gasteiger partial charge in [-0.05, 0) is 42.0 Å². The third kappa shape index (κ3) is 3.07. The Labute approximate surface area is 105 Å². The van der Waals surface area contributed by atoms with E-state index in [1.165, 1.54) is 0 Å². The van der Waals surface area contributed by atoms with Crippen molar-refractivity contribution >= 4 is 5.97 Å². The molecule has 4 heteroatoms. The summed E-state index contributed by atoms with van der Waals surface area (Å²) in [6, 6.07) is 0.173. The van der Waals surface area contributed by atoms with Gasteiger partial charge in [-0.15, -0.1) is 0 Å². The Morgan fingerprint density at radius 1 is 1.12 bits per heavy atom. The Morgan fingerprint density at radius 3 is 1.59 bits per heavy atom. The molecule has 0 aromatic carbocycles. The molecule has 0 bridgehead atoms. The normalized spacial score (nSPS) is 18.9. The molecular formula is C13H26N2O2. The quantitative estimate of drug-likeness (QED) is 0.717. The van der Waals surface area contributed by atoms with Crippen molar-refractivity contribution in [3.63, 3.8) is 0 Å². The molecule has 0 aliphatic carbocycles. The first-order chi connectivity index (χ1) is 7.56. The number of nitrogens with zero attached hydrogens (tertiary/aromatic N) is 2. The second kappa shape index (κ2) is 5.65. The Hall–Kier alpha value is -0.870. The van der Waals surface area contributed by atoms with Crippen molar-refractivity contribution in [2.75, 3.05) is 28.2 Å². The Morgan fingerprint density at radius 2 is 1.41 bits per heavy atom. The molecule has 0 aliphatic rings. The number of carbonyl (C=O) groups is 1. The summed E-state index contributed by atoms with van der Waals surface area (Å²) in [5, 5.41) is 9.24. The molecule has 0 rings (SSSR count). The van der Waals surface area contributed by atoms with Gasteiger partial charge in [-0.3, -0.25) is 0 Å². The van der Waals surface area contributed by atoms with Crippen LogP contribution in [0.2, 0.25) is 0 Å². The molecule has 2 unspecified atom stereocenters. The average molecular weight is 242 g/mol. The van der Waals surface area contributed by atoms with Crippen molar-refractivity contribution in [3.05, 3.63) is 12.2 Å². The van der Waals surface area contributed by atoms with Gasteiger partial charge in [0.15, 0.2) is 0 Å². The first-order valence-corrected chi connectivity index (χ1v) is 5.82. The molecule has 1 N–H and O–H groups in total. The average Bonchev–Trinajstić information content (AvgIpc) is 2.24. The molecule has 0 saturated carbocycles. The molecule has 0 aliphatic heterocycles. The highest BCUT2D eigenvalue weighted by atomic mass is 16.4. The maximum absolute atomic E-state index is 11.3. The number of rotatable bonds is 6. The molecule has 0 aromatic rings. The lowest BCUT2D eigenvalue weighted by molar-refractivity contribution is -0.135. The van der Waals surface area contributed by atoms with E-state index in [9.17, 15) is 9.90 Å². The summed E-state index contributed by atoms with van der Waals surface area (Å²) in [5.41, 5.74) is -0.237. The molecule has 0 radical (unpaired) electrons. The number of hydrogen-bond acceptors (Lipinski definition) is 3. The van der Waals surface area contributed by atoms with E-state index >= 15 is 0 Å². The molecular weight excluding hydrogens is 216 g/mol. The Kier molecular flexibility index (Phi) is 5.36. The minimum atomic E-state index is -0.921. The first kappa shape index (κ1) is 16.1. The van der Waals surface area contributed by atoms with Crippen LogP contribution in [0.3, 0.4) is 0 Å². The van der Waals surface area contributed by atoms with E-state index in [0.29, 0.717) is 0 Å². The van der Waals surface area contributed by atoms with Crippen LogP contribution in [0.1, 0.15) is 20.8 Å². The van der Waals surface area contributed by atoms with Crippen LogP contribution in [0.25, 0.3) is 0 Å². The van der Waals surface area contributed by atoms with Gasteiger partial charge in [0, 0.05) is 23.1 Å². The van der Waals surface area contributed by atoms with E-state index in [4.69, 9.17) is 0 Å². The van der Waals surface area contributed by atoms with Crippen molar-refractivity contribution in [3.8, 4) is 0 Å². The van der Waals surface area contributed by atoms with Crippen LogP contribution >= 0.6 is 0 Å². The van der Waals surface area contributed by atoms with Gasteiger partial charge in [0.25, 0.3) is 0 Å². The Bertz CT molecular complexity index is 284. The lowest BCUT2D eigenvalue weighted by atomic mass is 9.70. The summed E-state index contributed by atoms with van der Waals surface area (Å²) in [4.78, 5) is 15.3. The lowest BCUT2D eigenvalue weighted by Crippen LogP contribution is -2.54. The SMILES string of the molecule is C=C(C(=O)O)C(C)(C(C)N(C)C)C(C)N(C)C. The molecule has 100 valence electrons. The second-order valence-electron chi connectivity index (χ2n) is 5.35. The molecule has 0 saturated heterocycles. The van der Waals surface area contributed by atoms with E-state index in [-0.39, 0.29) is 17.7 Å².